The van der Waals surface area contributed by atoms with Crippen LogP contribution >= 0.6 is 0 Å². The van der Waals surface area contributed by atoms with Crippen LogP contribution < -0.4 is 31.1 Å². The first-order valence-corrected chi connectivity index (χ1v) is 29.4. The summed E-state index contributed by atoms with van der Waals surface area (Å²) in [4.78, 5) is 7.78. The van der Waals surface area contributed by atoms with Crippen molar-refractivity contribution in [2.75, 3.05) is 14.7 Å². The van der Waals surface area contributed by atoms with Gasteiger partial charge in [0.2, 0.25) is 0 Å². The Morgan fingerprint density at radius 1 is 0.366 bits per heavy atom. The zero-order valence-electron chi connectivity index (χ0n) is 50.4. The number of para-hydroxylation sites is 2. The molecule has 0 unspecified atom stereocenters. The third-order valence-electron chi connectivity index (χ3n) is 17.6. The molecular weight excluding hydrogens is 992 g/mol. The Labute approximate surface area is 487 Å². The molecule has 3 heterocycles. The van der Waals surface area contributed by atoms with Crippen LogP contribution in [0.5, 0.6) is 0 Å². The van der Waals surface area contributed by atoms with E-state index in [1.807, 2.05) is 0 Å². The predicted octanol–water partition coefficient (Wildman–Crippen LogP) is 19.4. The summed E-state index contributed by atoms with van der Waals surface area (Å²) in [5.74, 6) is 0. The lowest BCUT2D eigenvalue weighted by Gasteiger charge is -2.45. The second-order valence-electron chi connectivity index (χ2n) is 26.6. The Balaban J connectivity index is 1.11. The maximum Gasteiger partial charge on any atom is 0.252 e. The summed E-state index contributed by atoms with van der Waals surface area (Å²) < 4.78 is 2.44. The molecule has 406 valence electrons. The van der Waals surface area contributed by atoms with E-state index in [0.717, 1.165) is 17.1 Å². The summed E-state index contributed by atoms with van der Waals surface area (Å²) in [6.07, 6.45) is 0. The Kier molecular flexibility index (Phi) is 12.4. The van der Waals surface area contributed by atoms with Gasteiger partial charge < -0.3 is 19.3 Å². The fourth-order valence-electron chi connectivity index (χ4n) is 13.6. The Morgan fingerprint density at radius 3 is 1.52 bits per heavy atom. The summed E-state index contributed by atoms with van der Waals surface area (Å²) >= 11 is 0. The topological polar surface area (TPSA) is 14.7 Å². The number of nitrogens with zero attached hydrogens (tertiary/aromatic N) is 4. The zero-order valence-corrected chi connectivity index (χ0v) is 50.4. The molecule has 4 nitrogen and oxygen atoms in total. The highest BCUT2D eigenvalue weighted by atomic mass is 15.2. The van der Waals surface area contributed by atoms with Crippen molar-refractivity contribution in [3.8, 4) is 16.8 Å². The lowest BCUT2D eigenvalue weighted by atomic mass is 9.33. The molecule has 0 aliphatic carbocycles. The number of hydrogen-bond donors (Lipinski definition) is 0. The van der Waals surface area contributed by atoms with Crippen LogP contribution in [0.15, 0.2) is 200 Å². The van der Waals surface area contributed by atoms with Gasteiger partial charge in [-0.25, -0.2) is 0 Å². The lowest BCUT2D eigenvalue weighted by Crippen LogP contribution is -2.61. The standard InChI is InChI=1S/C77H75BN4/c1-48-39-70-72-71(40-48)82(74-49(2)41-54(42-50(74)3)53-23-17-15-18-24-53)69-47-61(35-38-65(69)78(72)64-37-31-56(76(9,10)11)45-68(64)81(70)59-32-29-55(30-33-59)75(6,7)8)79(73-51(4)43-57(44-52(73)5)77(12,13)14)60-34-36-63-62-27-21-22-28-66(62)80(67(63)46-60)58-25-19-16-20-26-58/h15-47H,1-14H3. The van der Waals surface area contributed by atoms with Crippen molar-refractivity contribution in [3.63, 3.8) is 0 Å². The van der Waals surface area contributed by atoms with Crippen LogP contribution in [-0.4, -0.2) is 11.3 Å². The van der Waals surface area contributed by atoms with Gasteiger partial charge in [0.1, 0.15) is 0 Å². The van der Waals surface area contributed by atoms with E-state index in [1.54, 1.807) is 0 Å². The van der Waals surface area contributed by atoms with Crippen LogP contribution in [0.2, 0.25) is 0 Å². The molecule has 2 aliphatic rings. The van der Waals surface area contributed by atoms with Gasteiger partial charge in [-0.05, 0) is 208 Å². The van der Waals surface area contributed by atoms with Gasteiger partial charge in [0.15, 0.2) is 0 Å². The van der Waals surface area contributed by atoms with Crippen LogP contribution in [0, 0.1) is 34.6 Å². The molecular formula is C77H75BN4. The van der Waals surface area contributed by atoms with Crippen molar-refractivity contribution in [3.05, 3.63) is 245 Å². The average molecular weight is 1070 g/mol. The minimum absolute atomic E-state index is 0.0215. The van der Waals surface area contributed by atoms with E-state index < -0.39 is 0 Å². The fraction of sp³-hybridized carbons (Fsp3) is 0.221. The molecule has 2 aliphatic heterocycles. The van der Waals surface area contributed by atoms with Crippen molar-refractivity contribution in [2.45, 2.75) is 113 Å². The van der Waals surface area contributed by atoms with E-state index in [9.17, 15) is 0 Å². The number of hydrogen-bond acceptors (Lipinski definition) is 3. The molecule has 0 fully saturated rings. The van der Waals surface area contributed by atoms with Gasteiger partial charge in [-0.3, -0.25) is 0 Å². The SMILES string of the molecule is Cc1cc2c3c(c1)N(c1c(C)cc(-c4ccccc4)cc1C)c1cc(N(c4ccc5c6ccccc6n(-c6ccccc6)c5c4)c4c(C)cc(C(C)(C)C)cc4C)ccc1B3c1ccc(C(C)(C)C)cc1N2c1ccc(C(C)(C)C)cc1. The van der Waals surface area contributed by atoms with E-state index in [4.69, 9.17) is 0 Å². The fourth-order valence-corrected chi connectivity index (χ4v) is 13.6. The highest BCUT2D eigenvalue weighted by molar-refractivity contribution is 7.00. The second-order valence-corrected chi connectivity index (χ2v) is 26.6. The Morgan fingerprint density at radius 2 is 0.890 bits per heavy atom. The number of aromatic nitrogens is 1. The Bertz CT molecular complexity index is 4290. The van der Waals surface area contributed by atoms with Crippen molar-refractivity contribution < 1.29 is 0 Å². The number of fused-ring (bicyclic) bond motifs is 7. The molecule has 0 spiro atoms. The van der Waals surface area contributed by atoms with E-state index in [1.165, 1.54) is 134 Å². The molecule has 0 atom stereocenters. The van der Waals surface area contributed by atoms with Crippen LogP contribution in [-0.2, 0) is 16.2 Å². The summed E-state index contributed by atoms with van der Waals surface area (Å²) in [5, 5.41) is 2.47. The van der Waals surface area contributed by atoms with E-state index in [0.29, 0.717) is 0 Å². The molecule has 0 saturated carbocycles. The normalized spacial score (nSPS) is 13.2. The molecule has 0 bridgehead atoms. The van der Waals surface area contributed by atoms with E-state index in [-0.39, 0.29) is 23.0 Å². The van der Waals surface area contributed by atoms with Crippen molar-refractivity contribution in [1.82, 2.24) is 4.57 Å². The van der Waals surface area contributed by atoms with Gasteiger partial charge in [-0.15, -0.1) is 0 Å². The van der Waals surface area contributed by atoms with Gasteiger partial charge in [-0.2, -0.15) is 0 Å². The molecule has 82 heavy (non-hydrogen) atoms. The summed E-state index contributed by atoms with van der Waals surface area (Å²) in [7, 11) is 0. The smallest absolute Gasteiger partial charge is 0.252 e. The average Bonchev–Trinajstić information content (AvgIpc) is 2.61. The van der Waals surface area contributed by atoms with Crippen LogP contribution in [0.4, 0.5) is 51.2 Å². The Hall–Kier alpha value is -8.54. The molecule has 0 amide bonds. The number of benzene rings is 10. The van der Waals surface area contributed by atoms with Gasteiger partial charge in [0.25, 0.3) is 6.71 Å². The summed E-state index contributed by atoms with van der Waals surface area (Å²) in [6.45, 7) is 32.4. The molecule has 0 saturated heterocycles. The monoisotopic (exact) mass is 1070 g/mol. The van der Waals surface area contributed by atoms with Crippen molar-refractivity contribution in [2.24, 2.45) is 0 Å². The van der Waals surface area contributed by atoms with Crippen LogP contribution in [0.1, 0.15) is 107 Å². The second kappa shape index (κ2) is 19.3. The highest BCUT2D eigenvalue weighted by Gasteiger charge is 2.45. The van der Waals surface area contributed by atoms with Gasteiger partial charge in [-0.1, -0.05) is 178 Å². The molecule has 5 heteroatoms. The van der Waals surface area contributed by atoms with Gasteiger partial charge in [0, 0.05) is 56.3 Å². The minimum Gasteiger partial charge on any atom is -0.311 e. The minimum atomic E-state index is -0.0603. The molecule has 10 aromatic carbocycles. The first-order chi connectivity index (χ1) is 39.1. The molecule has 1 aromatic heterocycles. The zero-order chi connectivity index (χ0) is 57.3. The van der Waals surface area contributed by atoms with E-state index in [2.05, 4.69) is 316 Å². The molecule has 11 aromatic rings. The summed E-state index contributed by atoms with van der Waals surface area (Å²) in [5.41, 5.74) is 30.6. The van der Waals surface area contributed by atoms with Crippen LogP contribution in [0.3, 0.4) is 0 Å². The lowest BCUT2D eigenvalue weighted by molar-refractivity contribution is 0.589. The van der Waals surface area contributed by atoms with Crippen molar-refractivity contribution in [1.29, 1.82) is 0 Å². The first-order valence-electron chi connectivity index (χ1n) is 29.4. The first kappa shape index (κ1) is 52.8. The van der Waals surface area contributed by atoms with Gasteiger partial charge >= 0.3 is 0 Å². The largest absolute Gasteiger partial charge is 0.311 e. The molecule has 13 rings (SSSR count). The van der Waals surface area contributed by atoms with Crippen molar-refractivity contribution >= 4 is 96.1 Å². The third kappa shape index (κ3) is 8.74. The quantitative estimate of drug-likeness (QED) is 0.148. The predicted molar refractivity (Wildman–Crippen MR) is 355 cm³/mol. The molecule has 0 N–H and O–H groups in total. The summed E-state index contributed by atoms with van der Waals surface area (Å²) in [6, 6.07) is 76.4. The maximum absolute atomic E-state index is 2.65. The molecule has 0 radical (unpaired) electrons. The number of rotatable bonds is 7. The highest BCUT2D eigenvalue weighted by Crippen LogP contribution is 2.50. The third-order valence-corrected chi connectivity index (χ3v) is 17.6. The maximum atomic E-state index is 2.65. The number of anilines is 9. The number of aryl methyl sites for hydroxylation is 5. The van der Waals surface area contributed by atoms with Crippen LogP contribution in [0.25, 0.3) is 38.6 Å². The van der Waals surface area contributed by atoms with Gasteiger partial charge in [0.05, 0.1) is 22.4 Å². The van der Waals surface area contributed by atoms with E-state index >= 15 is 0 Å².